The number of carbonyl (C=O) groups is 1. The molecule has 1 aliphatic heterocycles. The Balaban J connectivity index is 1.62. The van der Waals surface area contributed by atoms with Gasteiger partial charge in [-0.15, -0.1) is 0 Å². The number of fused-ring (bicyclic) bond motifs is 1. The number of benzene rings is 1. The highest BCUT2D eigenvalue weighted by molar-refractivity contribution is 5.81. The first kappa shape index (κ1) is 15.8. The van der Waals surface area contributed by atoms with Crippen LogP contribution in [0.5, 0.6) is 0 Å². The molecule has 0 aliphatic carbocycles. The molecule has 0 bridgehead atoms. The maximum atomic E-state index is 11.7. The Morgan fingerprint density at radius 2 is 2.22 bits per heavy atom. The molecule has 0 radical (unpaired) electrons. The molecule has 1 aromatic heterocycles. The second-order valence-electron chi connectivity index (χ2n) is 5.79. The standard InChI is InChI=1S/C17H24N4O2/c1-3-21-16-8-6-5-7-14(16)15(19-21)11-18-13-9-10-20(12-13)17(22)23-4-2/h5-8,13,18H,3-4,9-12H2,1-2H3/t13-/m1/s1. The minimum absolute atomic E-state index is 0.211. The van der Waals surface area contributed by atoms with E-state index in [1.54, 1.807) is 4.90 Å². The number of rotatable bonds is 5. The van der Waals surface area contributed by atoms with E-state index in [1.807, 2.05) is 23.7 Å². The van der Waals surface area contributed by atoms with E-state index in [1.165, 1.54) is 10.9 Å². The Labute approximate surface area is 136 Å². The lowest BCUT2D eigenvalue weighted by Gasteiger charge is -2.16. The van der Waals surface area contributed by atoms with Crippen LogP contribution in [0.4, 0.5) is 4.79 Å². The van der Waals surface area contributed by atoms with Gasteiger partial charge < -0.3 is 15.0 Å². The summed E-state index contributed by atoms with van der Waals surface area (Å²) in [5.74, 6) is 0. The topological polar surface area (TPSA) is 59.4 Å². The van der Waals surface area contributed by atoms with Crippen LogP contribution in [-0.4, -0.2) is 46.5 Å². The molecule has 0 spiro atoms. The van der Waals surface area contributed by atoms with Crippen molar-refractivity contribution in [2.75, 3.05) is 19.7 Å². The normalized spacial score (nSPS) is 17.8. The van der Waals surface area contributed by atoms with Gasteiger partial charge in [0, 0.05) is 37.6 Å². The lowest BCUT2D eigenvalue weighted by molar-refractivity contribution is 0.115. The fourth-order valence-corrected chi connectivity index (χ4v) is 3.12. The quantitative estimate of drug-likeness (QED) is 0.920. The van der Waals surface area contributed by atoms with Crippen molar-refractivity contribution in [3.8, 4) is 0 Å². The largest absolute Gasteiger partial charge is 0.450 e. The molecule has 1 saturated heterocycles. The van der Waals surface area contributed by atoms with Gasteiger partial charge in [0.15, 0.2) is 0 Å². The van der Waals surface area contributed by atoms with E-state index in [-0.39, 0.29) is 6.09 Å². The zero-order chi connectivity index (χ0) is 16.2. The number of aromatic nitrogens is 2. The summed E-state index contributed by atoms with van der Waals surface area (Å²) in [7, 11) is 0. The molecule has 2 heterocycles. The molecule has 1 atom stereocenters. The zero-order valence-electron chi connectivity index (χ0n) is 13.8. The first-order chi connectivity index (χ1) is 11.2. The SMILES string of the molecule is CCOC(=O)N1CC[C@@H](NCc2nn(CC)c3ccccc23)C1. The van der Waals surface area contributed by atoms with Crippen LogP contribution in [0.15, 0.2) is 24.3 Å². The number of ether oxygens (including phenoxy) is 1. The Bertz CT molecular complexity index is 682. The Kier molecular flexibility index (Phi) is 4.81. The third-order valence-corrected chi connectivity index (χ3v) is 4.31. The number of aryl methyl sites for hydroxylation is 1. The maximum Gasteiger partial charge on any atom is 0.409 e. The molecule has 124 valence electrons. The first-order valence-corrected chi connectivity index (χ1v) is 8.32. The minimum atomic E-state index is -0.211. The van der Waals surface area contributed by atoms with Gasteiger partial charge >= 0.3 is 6.09 Å². The molecule has 6 nitrogen and oxygen atoms in total. The van der Waals surface area contributed by atoms with Crippen LogP contribution >= 0.6 is 0 Å². The van der Waals surface area contributed by atoms with Gasteiger partial charge in [-0.3, -0.25) is 4.68 Å². The highest BCUT2D eigenvalue weighted by Crippen LogP contribution is 2.19. The summed E-state index contributed by atoms with van der Waals surface area (Å²) in [4.78, 5) is 13.5. The van der Waals surface area contributed by atoms with E-state index in [2.05, 4.69) is 24.4 Å². The van der Waals surface area contributed by atoms with Gasteiger partial charge in [-0.1, -0.05) is 18.2 Å². The predicted octanol–water partition coefficient (Wildman–Crippen LogP) is 2.38. The smallest absolute Gasteiger partial charge is 0.409 e. The van der Waals surface area contributed by atoms with Gasteiger partial charge in [0.25, 0.3) is 0 Å². The number of hydrogen-bond acceptors (Lipinski definition) is 4. The summed E-state index contributed by atoms with van der Waals surface area (Å²) < 4.78 is 7.09. The van der Waals surface area contributed by atoms with Crippen molar-refractivity contribution in [3.05, 3.63) is 30.0 Å². The van der Waals surface area contributed by atoms with Crippen LogP contribution in [0.1, 0.15) is 26.0 Å². The van der Waals surface area contributed by atoms with Crippen molar-refractivity contribution >= 4 is 17.0 Å². The van der Waals surface area contributed by atoms with Gasteiger partial charge in [0.1, 0.15) is 0 Å². The van der Waals surface area contributed by atoms with Crippen LogP contribution in [-0.2, 0) is 17.8 Å². The zero-order valence-corrected chi connectivity index (χ0v) is 13.8. The molecule has 1 N–H and O–H groups in total. The molecule has 2 aromatic rings. The molecule has 3 rings (SSSR count). The van der Waals surface area contributed by atoms with Crippen LogP contribution in [0, 0.1) is 0 Å². The van der Waals surface area contributed by atoms with Crippen molar-refractivity contribution < 1.29 is 9.53 Å². The molecule has 0 unspecified atom stereocenters. The van der Waals surface area contributed by atoms with Gasteiger partial charge in [-0.25, -0.2) is 4.79 Å². The predicted molar refractivity (Wildman–Crippen MR) is 89.2 cm³/mol. The van der Waals surface area contributed by atoms with Crippen molar-refractivity contribution in [3.63, 3.8) is 0 Å². The lowest BCUT2D eigenvalue weighted by atomic mass is 10.2. The second kappa shape index (κ2) is 7.00. The highest BCUT2D eigenvalue weighted by Gasteiger charge is 2.27. The second-order valence-corrected chi connectivity index (χ2v) is 5.79. The van der Waals surface area contributed by atoms with E-state index >= 15 is 0 Å². The minimum Gasteiger partial charge on any atom is -0.450 e. The first-order valence-electron chi connectivity index (χ1n) is 8.32. The molecule has 6 heteroatoms. The van der Waals surface area contributed by atoms with E-state index in [0.717, 1.165) is 31.7 Å². The summed E-state index contributed by atoms with van der Waals surface area (Å²) in [6.45, 7) is 7.39. The average molecular weight is 316 g/mol. The van der Waals surface area contributed by atoms with E-state index < -0.39 is 0 Å². The van der Waals surface area contributed by atoms with Crippen molar-refractivity contribution in [1.29, 1.82) is 0 Å². The molecule has 1 aromatic carbocycles. The fraction of sp³-hybridized carbons (Fsp3) is 0.529. The molecule has 0 saturated carbocycles. The summed E-state index contributed by atoms with van der Waals surface area (Å²) in [5.41, 5.74) is 2.24. The molecular weight excluding hydrogens is 292 g/mol. The van der Waals surface area contributed by atoms with Crippen molar-refractivity contribution in [2.24, 2.45) is 0 Å². The van der Waals surface area contributed by atoms with Crippen LogP contribution in [0.2, 0.25) is 0 Å². The number of nitrogens with zero attached hydrogens (tertiary/aromatic N) is 3. The monoisotopic (exact) mass is 316 g/mol. The van der Waals surface area contributed by atoms with Gasteiger partial charge in [0.2, 0.25) is 0 Å². The number of hydrogen-bond donors (Lipinski definition) is 1. The van der Waals surface area contributed by atoms with Crippen LogP contribution in [0.25, 0.3) is 10.9 Å². The number of carbonyl (C=O) groups excluding carboxylic acids is 1. The van der Waals surface area contributed by atoms with Crippen molar-refractivity contribution in [2.45, 2.75) is 39.4 Å². The molecular formula is C17H24N4O2. The summed E-state index contributed by atoms with van der Waals surface area (Å²) in [5, 5.41) is 9.43. The molecule has 23 heavy (non-hydrogen) atoms. The maximum absolute atomic E-state index is 11.7. The van der Waals surface area contributed by atoms with E-state index in [4.69, 9.17) is 9.84 Å². The lowest BCUT2D eigenvalue weighted by Crippen LogP contribution is -2.35. The number of amides is 1. The third kappa shape index (κ3) is 3.32. The Morgan fingerprint density at radius 3 is 3.00 bits per heavy atom. The average Bonchev–Trinajstić information content (AvgIpc) is 3.18. The number of para-hydroxylation sites is 1. The van der Waals surface area contributed by atoms with Crippen LogP contribution < -0.4 is 5.32 Å². The fourth-order valence-electron chi connectivity index (χ4n) is 3.12. The Hall–Kier alpha value is -2.08. The summed E-state index contributed by atoms with van der Waals surface area (Å²) in [6, 6.07) is 8.61. The van der Waals surface area contributed by atoms with Gasteiger partial charge in [0.05, 0.1) is 17.8 Å². The third-order valence-electron chi connectivity index (χ3n) is 4.31. The van der Waals surface area contributed by atoms with Crippen molar-refractivity contribution in [1.82, 2.24) is 20.0 Å². The summed E-state index contributed by atoms with van der Waals surface area (Å²) in [6.07, 6.45) is 0.739. The van der Waals surface area contributed by atoms with Gasteiger partial charge in [-0.05, 0) is 26.3 Å². The van der Waals surface area contributed by atoms with E-state index in [0.29, 0.717) is 19.2 Å². The Morgan fingerprint density at radius 1 is 1.39 bits per heavy atom. The molecule has 1 aliphatic rings. The molecule has 1 fully saturated rings. The summed E-state index contributed by atoms with van der Waals surface area (Å²) >= 11 is 0. The van der Waals surface area contributed by atoms with Crippen LogP contribution in [0.3, 0.4) is 0 Å². The number of nitrogens with one attached hydrogen (secondary N) is 1. The van der Waals surface area contributed by atoms with Gasteiger partial charge in [-0.2, -0.15) is 5.10 Å². The number of likely N-dealkylation sites (tertiary alicyclic amines) is 1. The van der Waals surface area contributed by atoms with E-state index in [9.17, 15) is 4.79 Å². The molecule has 1 amide bonds. The highest BCUT2D eigenvalue weighted by atomic mass is 16.6.